The summed E-state index contributed by atoms with van der Waals surface area (Å²) >= 11 is 5.06. The minimum absolute atomic E-state index is 0.0835. The number of amides is 1. The first kappa shape index (κ1) is 16.6. The monoisotopic (exact) mass is 292 g/mol. The molecule has 0 aromatic heterocycles. The molecule has 0 aliphatic carbocycles. The zero-order valence-corrected chi connectivity index (χ0v) is 13.3. The highest BCUT2D eigenvalue weighted by Crippen LogP contribution is 2.15. The van der Waals surface area contributed by atoms with Crippen molar-refractivity contribution in [3.8, 4) is 0 Å². The van der Waals surface area contributed by atoms with Crippen molar-refractivity contribution < 1.29 is 4.79 Å². The van der Waals surface area contributed by atoms with E-state index in [0.29, 0.717) is 6.42 Å². The Labute approximate surface area is 126 Å². The van der Waals surface area contributed by atoms with Gasteiger partial charge in [-0.1, -0.05) is 55.9 Å². The van der Waals surface area contributed by atoms with E-state index in [1.165, 1.54) is 0 Å². The molecule has 0 fully saturated rings. The molecule has 1 unspecified atom stereocenters. The van der Waals surface area contributed by atoms with Crippen LogP contribution in [-0.2, 0) is 11.2 Å². The Bertz CT molecular complexity index is 457. The molecule has 0 heterocycles. The summed E-state index contributed by atoms with van der Waals surface area (Å²) in [5.74, 6) is -0.539. The van der Waals surface area contributed by atoms with Gasteiger partial charge in [0.2, 0.25) is 5.91 Å². The maximum Gasteiger partial charge on any atom is 0.230 e. The number of hydrogen-bond donors (Lipinski definition) is 2. The van der Waals surface area contributed by atoms with Gasteiger partial charge in [-0.05, 0) is 32.3 Å². The molecular weight excluding hydrogens is 268 g/mol. The summed E-state index contributed by atoms with van der Waals surface area (Å²) in [5.41, 5.74) is 6.58. The van der Waals surface area contributed by atoms with E-state index in [-0.39, 0.29) is 16.4 Å². The topological polar surface area (TPSA) is 55.1 Å². The highest BCUT2D eigenvalue weighted by Gasteiger charge is 2.27. The van der Waals surface area contributed by atoms with Crippen LogP contribution in [0.25, 0.3) is 0 Å². The lowest BCUT2D eigenvalue weighted by Crippen LogP contribution is -2.49. The number of nitrogens with one attached hydrogen (secondary N) is 1. The third kappa shape index (κ3) is 5.29. The summed E-state index contributed by atoms with van der Waals surface area (Å²) in [7, 11) is 0. The number of nitrogens with two attached hydrogens (primary N) is 1. The van der Waals surface area contributed by atoms with Gasteiger partial charge in [-0.25, -0.2) is 0 Å². The first-order valence-corrected chi connectivity index (χ1v) is 7.42. The molecule has 0 bridgehead atoms. The molecule has 1 rings (SSSR count). The molecule has 1 aromatic carbocycles. The highest BCUT2D eigenvalue weighted by molar-refractivity contribution is 7.80. The molecule has 0 spiro atoms. The smallest absolute Gasteiger partial charge is 0.230 e. The van der Waals surface area contributed by atoms with Crippen LogP contribution < -0.4 is 11.1 Å². The number of rotatable bonds is 7. The second kappa shape index (κ2) is 7.39. The Balaban J connectivity index is 2.76. The van der Waals surface area contributed by atoms with Crippen LogP contribution >= 0.6 is 12.2 Å². The third-order valence-electron chi connectivity index (χ3n) is 3.28. The van der Waals surface area contributed by atoms with Gasteiger partial charge in [0.05, 0.1) is 10.9 Å². The van der Waals surface area contributed by atoms with Crippen LogP contribution in [0.2, 0.25) is 0 Å². The molecule has 0 saturated heterocycles. The van der Waals surface area contributed by atoms with E-state index in [2.05, 4.69) is 12.2 Å². The van der Waals surface area contributed by atoms with E-state index in [1.54, 1.807) is 0 Å². The van der Waals surface area contributed by atoms with Gasteiger partial charge in [0.25, 0.3) is 0 Å². The predicted octanol–water partition coefficient (Wildman–Crippen LogP) is 2.83. The maximum absolute atomic E-state index is 12.4. The lowest BCUT2D eigenvalue weighted by atomic mass is 9.94. The van der Waals surface area contributed by atoms with Crippen molar-refractivity contribution in [2.45, 2.75) is 45.6 Å². The fourth-order valence-corrected chi connectivity index (χ4v) is 2.47. The summed E-state index contributed by atoms with van der Waals surface area (Å²) in [6.45, 7) is 6.14. The van der Waals surface area contributed by atoms with Crippen LogP contribution in [0.4, 0.5) is 0 Å². The Kier molecular flexibility index (Phi) is 6.14. The molecule has 3 N–H and O–H groups in total. The van der Waals surface area contributed by atoms with Gasteiger partial charge < -0.3 is 11.1 Å². The Hall–Kier alpha value is -1.42. The van der Waals surface area contributed by atoms with E-state index in [0.717, 1.165) is 18.4 Å². The largest absolute Gasteiger partial charge is 0.393 e. The second-order valence-corrected chi connectivity index (χ2v) is 6.24. The molecule has 3 nitrogen and oxygen atoms in total. The molecule has 0 radical (unpaired) electrons. The van der Waals surface area contributed by atoms with Crippen molar-refractivity contribution in [3.05, 3.63) is 35.9 Å². The Morgan fingerprint density at radius 2 is 1.95 bits per heavy atom. The molecule has 1 aromatic rings. The fraction of sp³-hybridized carbons (Fsp3) is 0.500. The summed E-state index contributed by atoms with van der Waals surface area (Å²) < 4.78 is 0. The van der Waals surface area contributed by atoms with Crippen LogP contribution in [0, 0.1) is 5.92 Å². The van der Waals surface area contributed by atoms with E-state index < -0.39 is 5.92 Å². The first-order chi connectivity index (χ1) is 9.35. The molecule has 110 valence electrons. The van der Waals surface area contributed by atoms with Crippen LogP contribution in [0.5, 0.6) is 0 Å². The van der Waals surface area contributed by atoms with Gasteiger partial charge in [-0.15, -0.1) is 0 Å². The van der Waals surface area contributed by atoms with Gasteiger partial charge in [-0.2, -0.15) is 0 Å². The molecular formula is C16H24N2OS. The number of benzene rings is 1. The molecule has 20 heavy (non-hydrogen) atoms. The Morgan fingerprint density at radius 3 is 2.45 bits per heavy atom. The van der Waals surface area contributed by atoms with Gasteiger partial charge in [0.1, 0.15) is 0 Å². The number of hydrogen-bond acceptors (Lipinski definition) is 2. The normalized spacial score (nSPS) is 12.8. The molecule has 0 aliphatic heterocycles. The van der Waals surface area contributed by atoms with Crippen molar-refractivity contribution in [2.75, 3.05) is 0 Å². The van der Waals surface area contributed by atoms with Crippen LogP contribution in [0.1, 0.15) is 39.2 Å². The predicted molar refractivity (Wildman–Crippen MR) is 87.6 cm³/mol. The number of carbonyl (C=O) groups excluding carboxylic acids is 1. The lowest BCUT2D eigenvalue weighted by Gasteiger charge is -2.28. The molecule has 4 heteroatoms. The van der Waals surface area contributed by atoms with Gasteiger partial charge in [0.15, 0.2) is 0 Å². The van der Waals surface area contributed by atoms with Crippen molar-refractivity contribution in [3.63, 3.8) is 0 Å². The quantitative estimate of drug-likeness (QED) is 0.760. The number of carbonyl (C=O) groups is 1. The molecule has 0 aliphatic rings. The van der Waals surface area contributed by atoms with Gasteiger partial charge in [0, 0.05) is 5.54 Å². The van der Waals surface area contributed by atoms with E-state index >= 15 is 0 Å². The van der Waals surface area contributed by atoms with Crippen LogP contribution in [0.3, 0.4) is 0 Å². The van der Waals surface area contributed by atoms with Crippen LogP contribution in [-0.4, -0.2) is 16.4 Å². The van der Waals surface area contributed by atoms with Gasteiger partial charge >= 0.3 is 0 Å². The Morgan fingerprint density at radius 1 is 1.35 bits per heavy atom. The molecule has 0 saturated carbocycles. The molecule has 1 amide bonds. The summed E-state index contributed by atoms with van der Waals surface area (Å²) in [6, 6.07) is 9.81. The second-order valence-electron chi connectivity index (χ2n) is 5.77. The third-order valence-corrected chi connectivity index (χ3v) is 3.56. The maximum atomic E-state index is 12.4. The average Bonchev–Trinajstić information content (AvgIpc) is 2.35. The fourth-order valence-electron chi connectivity index (χ4n) is 2.28. The molecule has 1 atom stereocenters. The first-order valence-electron chi connectivity index (χ1n) is 7.01. The van der Waals surface area contributed by atoms with Crippen molar-refractivity contribution in [1.29, 1.82) is 0 Å². The van der Waals surface area contributed by atoms with Gasteiger partial charge in [-0.3, -0.25) is 4.79 Å². The van der Waals surface area contributed by atoms with Crippen LogP contribution in [0.15, 0.2) is 30.3 Å². The van der Waals surface area contributed by atoms with Crippen molar-refractivity contribution >= 4 is 23.1 Å². The minimum atomic E-state index is -0.455. The SMILES string of the molecule is CCCC(C)(C)NC(=O)C(Cc1ccccc1)C(N)=S. The summed E-state index contributed by atoms with van der Waals surface area (Å²) in [5, 5.41) is 3.05. The number of thiocarbonyl (C=S) groups is 1. The van der Waals surface area contributed by atoms with E-state index in [1.807, 2.05) is 44.2 Å². The van der Waals surface area contributed by atoms with Crippen molar-refractivity contribution in [2.24, 2.45) is 11.7 Å². The summed E-state index contributed by atoms with van der Waals surface area (Å²) in [4.78, 5) is 12.6. The lowest BCUT2D eigenvalue weighted by molar-refractivity contribution is -0.124. The van der Waals surface area contributed by atoms with E-state index in [9.17, 15) is 4.79 Å². The summed E-state index contributed by atoms with van der Waals surface area (Å²) in [6.07, 6.45) is 2.49. The standard InChI is InChI=1S/C16H24N2OS/c1-4-10-16(2,3)18-15(19)13(14(17)20)11-12-8-6-5-7-9-12/h5-9,13H,4,10-11H2,1-3H3,(H2,17,20)(H,18,19). The zero-order valence-electron chi connectivity index (χ0n) is 12.5. The zero-order chi connectivity index (χ0) is 15.2. The highest BCUT2D eigenvalue weighted by atomic mass is 32.1. The average molecular weight is 292 g/mol. The van der Waals surface area contributed by atoms with E-state index in [4.69, 9.17) is 18.0 Å². The minimum Gasteiger partial charge on any atom is -0.393 e. The van der Waals surface area contributed by atoms with Crippen molar-refractivity contribution in [1.82, 2.24) is 5.32 Å².